The molecule has 0 saturated heterocycles. The van der Waals surface area contributed by atoms with Gasteiger partial charge >= 0.3 is 0 Å². The van der Waals surface area contributed by atoms with Crippen LogP contribution in [0.5, 0.6) is 0 Å². The van der Waals surface area contributed by atoms with E-state index in [-0.39, 0.29) is 5.75 Å². The molecule has 0 bridgehead atoms. The maximum atomic E-state index is 12.0. The van der Waals surface area contributed by atoms with Crippen molar-refractivity contribution in [2.75, 3.05) is 12.3 Å². The molecule has 0 atom stereocenters. The number of aryl methyl sites for hydroxylation is 1. The lowest BCUT2D eigenvalue weighted by molar-refractivity contribution is 0.422. The van der Waals surface area contributed by atoms with Crippen LogP contribution < -0.4 is 10.5 Å². The van der Waals surface area contributed by atoms with Crippen LogP contribution in [-0.4, -0.2) is 26.3 Å². The van der Waals surface area contributed by atoms with Crippen molar-refractivity contribution < 1.29 is 8.42 Å². The van der Waals surface area contributed by atoms with E-state index in [0.717, 1.165) is 19.3 Å². The summed E-state index contributed by atoms with van der Waals surface area (Å²) in [5, 5.41) is 0. The molecule has 1 aromatic rings. The fourth-order valence-corrected chi connectivity index (χ4v) is 3.69. The molecule has 1 aromatic carbocycles. The summed E-state index contributed by atoms with van der Waals surface area (Å²) in [6.45, 7) is 4.39. The molecule has 0 aliphatic heterocycles. The van der Waals surface area contributed by atoms with Gasteiger partial charge in [0.2, 0.25) is 10.0 Å². The summed E-state index contributed by atoms with van der Waals surface area (Å²) in [5.41, 5.74) is 6.17. The molecule has 0 aliphatic rings. The lowest BCUT2D eigenvalue weighted by Crippen LogP contribution is -2.44. The van der Waals surface area contributed by atoms with Crippen molar-refractivity contribution in [2.24, 2.45) is 5.73 Å². The van der Waals surface area contributed by atoms with E-state index < -0.39 is 15.6 Å². The maximum Gasteiger partial charge on any atom is 0.212 e. The van der Waals surface area contributed by atoms with Crippen LogP contribution in [0.2, 0.25) is 0 Å². The summed E-state index contributed by atoms with van der Waals surface area (Å²) >= 11 is 0. The van der Waals surface area contributed by atoms with Crippen molar-refractivity contribution in [1.29, 1.82) is 0 Å². The van der Waals surface area contributed by atoms with E-state index in [4.69, 9.17) is 5.73 Å². The highest BCUT2D eigenvalue weighted by molar-refractivity contribution is 7.89. The first-order chi connectivity index (χ1) is 9.35. The molecule has 0 saturated carbocycles. The van der Waals surface area contributed by atoms with E-state index in [9.17, 15) is 8.42 Å². The molecule has 0 heterocycles. The van der Waals surface area contributed by atoms with Gasteiger partial charge in [-0.1, -0.05) is 30.3 Å². The van der Waals surface area contributed by atoms with E-state index in [1.807, 2.05) is 32.0 Å². The molecule has 20 heavy (non-hydrogen) atoms. The van der Waals surface area contributed by atoms with E-state index in [1.165, 1.54) is 5.56 Å². The SMILES string of the molecule is CC(C)(CCc1ccccc1)NS(=O)(=O)CCCCN. The van der Waals surface area contributed by atoms with Crippen LogP contribution in [-0.2, 0) is 16.4 Å². The highest BCUT2D eigenvalue weighted by Gasteiger charge is 2.24. The van der Waals surface area contributed by atoms with Gasteiger partial charge < -0.3 is 5.73 Å². The van der Waals surface area contributed by atoms with Gasteiger partial charge in [0.25, 0.3) is 0 Å². The van der Waals surface area contributed by atoms with Gasteiger partial charge in [-0.05, 0) is 51.6 Å². The second kappa shape index (κ2) is 7.76. The molecular weight excluding hydrogens is 272 g/mol. The Morgan fingerprint density at radius 1 is 1.15 bits per heavy atom. The minimum atomic E-state index is -3.22. The highest BCUT2D eigenvalue weighted by atomic mass is 32.2. The van der Waals surface area contributed by atoms with Crippen LogP contribution >= 0.6 is 0 Å². The van der Waals surface area contributed by atoms with Gasteiger partial charge in [-0.25, -0.2) is 13.1 Å². The quantitative estimate of drug-likeness (QED) is 0.685. The molecule has 4 nitrogen and oxygen atoms in total. The molecule has 5 heteroatoms. The summed E-state index contributed by atoms with van der Waals surface area (Å²) in [6.07, 6.45) is 2.98. The van der Waals surface area contributed by atoms with Crippen LogP contribution in [0.1, 0.15) is 38.7 Å². The van der Waals surface area contributed by atoms with Crippen molar-refractivity contribution in [3.05, 3.63) is 35.9 Å². The van der Waals surface area contributed by atoms with Gasteiger partial charge in [0.15, 0.2) is 0 Å². The first-order valence-electron chi connectivity index (χ1n) is 7.10. The van der Waals surface area contributed by atoms with E-state index in [2.05, 4.69) is 16.9 Å². The highest BCUT2D eigenvalue weighted by Crippen LogP contribution is 2.15. The summed E-state index contributed by atoms with van der Waals surface area (Å²) in [7, 11) is -3.22. The average Bonchev–Trinajstić information content (AvgIpc) is 2.37. The average molecular weight is 298 g/mol. The fourth-order valence-electron chi connectivity index (χ4n) is 2.06. The Morgan fingerprint density at radius 3 is 2.40 bits per heavy atom. The molecule has 0 fully saturated rings. The molecule has 3 N–H and O–H groups in total. The third-order valence-corrected chi connectivity index (χ3v) is 4.87. The van der Waals surface area contributed by atoms with Gasteiger partial charge in [-0.2, -0.15) is 0 Å². The topological polar surface area (TPSA) is 72.2 Å². The zero-order valence-electron chi connectivity index (χ0n) is 12.4. The van der Waals surface area contributed by atoms with Gasteiger partial charge in [0.05, 0.1) is 5.75 Å². The standard InChI is InChI=1S/C15H26N2O2S/c1-15(2,11-10-14-8-4-3-5-9-14)17-20(18,19)13-7-6-12-16/h3-5,8-9,17H,6-7,10-13,16H2,1-2H3. The number of hydrogen-bond donors (Lipinski definition) is 2. The number of nitrogens with two attached hydrogens (primary N) is 1. The number of benzene rings is 1. The number of sulfonamides is 1. The van der Waals surface area contributed by atoms with Gasteiger partial charge in [-0.3, -0.25) is 0 Å². The first-order valence-corrected chi connectivity index (χ1v) is 8.75. The number of unbranched alkanes of at least 4 members (excludes halogenated alkanes) is 1. The second-order valence-electron chi connectivity index (χ2n) is 5.79. The van der Waals surface area contributed by atoms with E-state index >= 15 is 0 Å². The molecule has 0 spiro atoms. The number of hydrogen-bond acceptors (Lipinski definition) is 3. The van der Waals surface area contributed by atoms with Crippen molar-refractivity contribution >= 4 is 10.0 Å². The van der Waals surface area contributed by atoms with E-state index in [0.29, 0.717) is 13.0 Å². The van der Waals surface area contributed by atoms with Crippen LogP contribution in [0.15, 0.2) is 30.3 Å². The Morgan fingerprint density at radius 2 is 1.80 bits per heavy atom. The molecule has 0 aliphatic carbocycles. The third-order valence-electron chi connectivity index (χ3n) is 3.18. The summed E-state index contributed by atoms with van der Waals surface area (Å²) in [4.78, 5) is 0. The minimum Gasteiger partial charge on any atom is -0.330 e. The van der Waals surface area contributed by atoms with Crippen LogP contribution in [0.25, 0.3) is 0 Å². The zero-order chi connectivity index (χ0) is 15.1. The largest absolute Gasteiger partial charge is 0.330 e. The van der Waals surface area contributed by atoms with Crippen molar-refractivity contribution in [3.8, 4) is 0 Å². The molecule has 114 valence electrons. The fraction of sp³-hybridized carbons (Fsp3) is 0.600. The predicted molar refractivity (Wildman–Crippen MR) is 84.1 cm³/mol. The Labute approximate surface area is 122 Å². The number of nitrogens with one attached hydrogen (secondary N) is 1. The predicted octanol–water partition coefficient (Wildman–Crippen LogP) is 2.06. The van der Waals surface area contributed by atoms with Crippen molar-refractivity contribution in [1.82, 2.24) is 4.72 Å². The molecule has 0 aromatic heterocycles. The Kier molecular flexibility index (Phi) is 6.65. The molecule has 1 rings (SSSR count). The summed E-state index contributed by atoms with van der Waals surface area (Å²) in [5.74, 6) is 0.152. The van der Waals surface area contributed by atoms with Crippen molar-refractivity contribution in [3.63, 3.8) is 0 Å². The van der Waals surface area contributed by atoms with Gasteiger partial charge in [0, 0.05) is 5.54 Å². The lowest BCUT2D eigenvalue weighted by Gasteiger charge is -2.26. The zero-order valence-corrected chi connectivity index (χ0v) is 13.2. The first kappa shape index (κ1) is 17.1. The Bertz CT molecular complexity index is 484. The van der Waals surface area contributed by atoms with Gasteiger partial charge in [0.1, 0.15) is 0 Å². The van der Waals surface area contributed by atoms with Crippen molar-refractivity contribution in [2.45, 2.75) is 45.1 Å². The normalized spacial score (nSPS) is 12.6. The minimum absolute atomic E-state index is 0.152. The molecule has 0 unspecified atom stereocenters. The number of rotatable bonds is 9. The monoisotopic (exact) mass is 298 g/mol. The van der Waals surface area contributed by atoms with Crippen LogP contribution in [0, 0.1) is 0 Å². The smallest absolute Gasteiger partial charge is 0.212 e. The molecular formula is C15H26N2O2S. The molecule has 0 amide bonds. The lowest BCUT2D eigenvalue weighted by atomic mass is 9.97. The second-order valence-corrected chi connectivity index (χ2v) is 7.63. The van der Waals surface area contributed by atoms with Crippen LogP contribution in [0.4, 0.5) is 0 Å². The maximum absolute atomic E-state index is 12.0. The van der Waals surface area contributed by atoms with Crippen LogP contribution in [0.3, 0.4) is 0 Å². The summed E-state index contributed by atoms with van der Waals surface area (Å²) in [6, 6.07) is 10.1. The third kappa shape index (κ3) is 7.03. The van der Waals surface area contributed by atoms with Gasteiger partial charge in [-0.15, -0.1) is 0 Å². The summed E-state index contributed by atoms with van der Waals surface area (Å²) < 4.78 is 26.8. The molecule has 0 radical (unpaired) electrons. The van der Waals surface area contributed by atoms with E-state index in [1.54, 1.807) is 0 Å². The Hall–Kier alpha value is -0.910. The Balaban J connectivity index is 2.47.